The van der Waals surface area contributed by atoms with Crippen molar-refractivity contribution in [3.8, 4) is 40.3 Å². The zero-order valence-electron chi connectivity index (χ0n) is 24.3. The van der Waals surface area contributed by atoms with Gasteiger partial charge in [-0.15, -0.1) is 0 Å². The molecule has 220 valence electrons. The van der Waals surface area contributed by atoms with Crippen LogP contribution in [0.5, 0.6) is 17.2 Å². The minimum absolute atomic E-state index is 0.223. The highest BCUT2D eigenvalue weighted by molar-refractivity contribution is 5.73. The summed E-state index contributed by atoms with van der Waals surface area (Å²) < 4.78 is 11.2. The van der Waals surface area contributed by atoms with Crippen molar-refractivity contribution in [2.75, 3.05) is 17.7 Å². The van der Waals surface area contributed by atoms with E-state index in [4.69, 9.17) is 14.5 Å². The second-order valence-electron chi connectivity index (χ2n) is 10.4. The number of aliphatic hydroxyl groups excluding tert-OH is 1. The molecule has 9 heteroatoms. The lowest BCUT2D eigenvalue weighted by Crippen LogP contribution is -2.29. The highest BCUT2D eigenvalue weighted by Crippen LogP contribution is 2.30. The van der Waals surface area contributed by atoms with Crippen LogP contribution in [0.1, 0.15) is 36.9 Å². The van der Waals surface area contributed by atoms with Crippen molar-refractivity contribution < 1.29 is 14.6 Å². The molecule has 44 heavy (non-hydrogen) atoms. The maximum Gasteiger partial charge on any atom is 0.229 e. The molecule has 2 aromatic carbocycles. The molecule has 0 bridgehead atoms. The first-order valence-corrected chi connectivity index (χ1v) is 14.5. The first-order valence-electron chi connectivity index (χ1n) is 14.5. The summed E-state index contributed by atoms with van der Waals surface area (Å²) in [6, 6.07) is 24.8. The number of anilines is 3. The lowest BCUT2D eigenvalue weighted by molar-refractivity contribution is 0.126. The van der Waals surface area contributed by atoms with Gasteiger partial charge in [0.25, 0.3) is 0 Å². The average Bonchev–Trinajstić information content (AvgIpc) is 3.06. The molecule has 1 aliphatic carbocycles. The zero-order valence-corrected chi connectivity index (χ0v) is 24.3. The molecule has 1 aliphatic rings. The van der Waals surface area contributed by atoms with Crippen LogP contribution < -0.4 is 20.1 Å². The van der Waals surface area contributed by atoms with E-state index in [1.807, 2.05) is 66.7 Å². The predicted octanol–water partition coefficient (Wildman–Crippen LogP) is 6.59. The van der Waals surface area contributed by atoms with E-state index in [1.165, 1.54) is 0 Å². The Morgan fingerprint density at radius 1 is 0.795 bits per heavy atom. The minimum atomic E-state index is -0.223. The van der Waals surface area contributed by atoms with Gasteiger partial charge in [-0.25, -0.2) is 9.97 Å². The molecule has 0 amide bonds. The summed E-state index contributed by atoms with van der Waals surface area (Å²) in [5, 5.41) is 16.8. The summed E-state index contributed by atoms with van der Waals surface area (Å²) >= 11 is 0. The van der Waals surface area contributed by atoms with Gasteiger partial charge in [0.1, 0.15) is 28.8 Å². The molecule has 3 aromatic heterocycles. The number of benzene rings is 2. The lowest BCUT2D eigenvalue weighted by atomic mass is 9.93. The van der Waals surface area contributed by atoms with Crippen LogP contribution in [-0.2, 0) is 0 Å². The number of aromatic nitrogens is 4. The summed E-state index contributed by atoms with van der Waals surface area (Å²) in [5.41, 5.74) is 3.90. The molecule has 5 aromatic rings. The smallest absolute Gasteiger partial charge is 0.229 e. The van der Waals surface area contributed by atoms with Crippen LogP contribution in [0.15, 0.2) is 97.5 Å². The number of hydrogen-bond acceptors (Lipinski definition) is 9. The van der Waals surface area contributed by atoms with E-state index in [0.29, 0.717) is 23.1 Å². The average molecular weight is 585 g/mol. The van der Waals surface area contributed by atoms with Crippen molar-refractivity contribution in [2.24, 2.45) is 0 Å². The van der Waals surface area contributed by atoms with Gasteiger partial charge in [0.15, 0.2) is 0 Å². The molecule has 1 saturated carbocycles. The number of nitrogens with one attached hydrogen (secondary N) is 2. The lowest BCUT2D eigenvalue weighted by Gasteiger charge is -2.27. The van der Waals surface area contributed by atoms with Gasteiger partial charge in [-0.05, 0) is 86.2 Å². The van der Waals surface area contributed by atoms with Gasteiger partial charge in [-0.2, -0.15) is 4.98 Å². The minimum Gasteiger partial charge on any atom is -0.497 e. The van der Waals surface area contributed by atoms with E-state index >= 15 is 0 Å². The van der Waals surface area contributed by atoms with Crippen LogP contribution in [0.4, 0.5) is 17.5 Å². The van der Waals surface area contributed by atoms with Crippen LogP contribution in [0.3, 0.4) is 0 Å². The normalized spacial score (nSPS) is 15.9. The van der Waals surface area contributed by atoms with Crippen molar-refractivity contribution in [1.29, 1.82) is 0 Å². The van der Waals surface area contributed by atoms with Gasteiger partial charge in [0.2, 0.25) is 5.95 Å². The first-order chi connectivity index (χ1) is 21.6. The number of ether oxygens (including phenoxy) is 2. The van der Waals surface area contributed by atoms with E-state index in [0.717, 1.165) is 59.8 Å². The number of pyridine rings is 2. The van der Waals surface area contributed by atoms with Gasteiger partial charge in [-0.3, -0.25) is 4.98 Å². The van der Waals surface area contributed by atoms with Gasteiger partial charge in [0, 0.05) is 48.0 Å². The SMILES string of the molecule is COc1cccc(Oc2ccnc(C#Cc3ccc(Nc4ncc(-c5ccccn5)c(NC5CCC(O)CC5)n4)cc3)c2)c1. The maximum atomic E-state index is 9.93. The molecule has 0 atom stereocenters. The molecular formula is C35H32N6O3. The molecular weight excluding hydrogens is 552 g/mol. The third-order valence-electron chi connectivity index (χ3n) is 7.25. The summed E-state index contributed by atoms with van der Waals surface area (Å²) in [4.78, 5) is 18.2. The second-order valence-corrected chi connectivity index (χ2v) is 10.4. The Balaban J connectivity index is 1.14. The van der Waals surface area contributed by atoms with Gasteiger partial charge >= 0.3 is 0 Å². The quantitative estimate of drug-likeness (QED) is 0.174. The summed E-state index contributed by atoms with van der Waals surface area (Å²) in [7, 11) is 1.62. The van der Waals surface area contributed by atoms with Crippen molar-refractivity contribution in [1.82, 2.24) is 19.9 Å². The fourth-order valence-electron chi connectivity index (χ4n) is 4.92. The van der Waals surface area contributed by atoms with Gasteiger partial charge < -0.3 is 25.2 Å². The van der Waals surface area contributed by atoms with Crippen molar-refractivity contribution in [3.63, 3.8) is 0 Å². The molecule has 0 saturated heterocycles. The number of methoxy groups -OCH3 is 1. The monoisotopic (exact) mass is 584 g/mol. The van der Waals surface area contributed by atoms with E-state index in [1.54, 1.807) is 37.8 Å². The third-order valence-corrected chi connectivity index (χ3v) is 7.25. The van der Waals surface area contributed by atoms with Gasteiger partial charge in [0.05, 0.1) is 24.5 Å². The molecule has 0 radical (unpaired) electrons. The summed E-state index contributed by atoms with van der Waals surface area (Å²) in [6.07, 6.45) is 8.32. The Morgan fingerprint density at radius 3 is 2.41 bits per heavy atom. The molecule has 6 rings (SSSR count). The number of hydrogen-bond donors (Lipinski definition) is 3. The van der Waals surface area contributed by atoms with Crippen molar-refractivity contribution in [2.45, 2.75) is 37.8 Å². The highest BCUT2D eigenvalue weighted by Gasteiger charge is 2.21. The fraction of sp³-hybridized carbons (Fsp3) is 0.200. The summed E-state index contributed by atoms with van der Waals surface area (Å²) in [6.45, 7) is 0. The topological polar surface area (TPSA) is 114 Å². The van der Waals surface area contributed by atoms with Crippen LogP contribution in [0.25, 0.3) is 11.3 Å². The Morgan fingerprint density at radius 2 is 1.61 bits per heavy atom. The standard InChI is InChI=1S/C35H32N6O3/c1-43-29-5-4-6-30(22-29)44-31-18-20-36-27(21-31)13-10-24-8-11-26(12-9-24)40-35-38-23-32(33-7-2-3-19-37-33)34(41-35)39-25-14-16-28(42)17-15-25/h2-9,11-12,18-23,25,28,42H,14-17H2,1H3,(H2,38,39,40,41). The Bertz CT molecular complexity index is 1760. The molecule has 9 nitrogen and oxygen atoms in total. The number of aliphatic hydroxyl groups is 1. The van der Waals surface area contributed by atoms with Crippen LogP contribution in [0.2, 0.25) is 0 Å². The number of rotatable bonds is 8. The van der Waals surface area contributed by atoms with Crippen molar-refractivity contribution >= 4 is 17.5 Å². The second kappa shape index (κ2) is 13.7. The molecule has 0 aliphatic heterocycles. The first kappa shape index (κ1) is 28.6. The van der Waals surface area contributed by atoms with E-state index in [2.05, 4.69) is 37.4 Å². The molecule has 3 heterocycles. The highest BCUT2D eigenvalue weighted by atomic mass is 16.5. The Kier molecular flexibility index (Phi) is 8.90. The number of nitrogens with zero attached hydrogens (tertiary/aromatic N) is 4. The summed E-state index contributed by atoms with van der Waals surface area (Å²) in [5.74, 6) is 9.49. The zero-order chi connectivity index (χ0) is 30.1. The largest absolute Gasteiger partial charge is 0.497 e. The maximum absolute atomic E-state index is 9.93. The van der Waals surface area contributed by atoms with Crippen molar-refractivity contribution in [3.05, 3.63) is 109 Å². The molecule has 3 N–H and O–H groups in total. The van der Waals surface area contributed by atoms with Crippen LogP contribution in [-0.4, -0.2) is 44.3 Å². The fourth-order valence-corrected chi connectivity index (χ4v) is 4.92. The van der Waals surface area contributed by atoms with E-state index in [-0.39, 0.29) is 12.1 Å². The Hall–Kier alpha value is -5.46. The van der Waals surface area contributed by atoms with E-state index < -0.39 is 0 Å². The predicted molar refractivity (Wildman–Crippen MR) is 170 cm³/mol. The van der Waals surface area contributed by atoms with Crippen LogP contribution >= 0.6 is 0 Å². The van der Waals surface area contributed by atoms with E-state index in [9.17, 15) is 5.11 Å². The molecule has 0 unspecified atom stereocenters. The molecule has 1 fully saturated rings. The molecule has 0 spiro atoms. The van der Waals surface area contributed by atoms with Crippen LogP contribution in [0, 0.1) is 11.8 Å². The Labute approximate surface area is 256 Å². The van der Waals surface area contributed by atoms with Gasteiger partial charge in [-0.1, -0.05) is 18.1 Å². The third kappa shape index (κ3) is 7.48.